The highest BCUT2D eigenvalue weighted by Crippen LogP contribution is 2.13. The van der Waals surface area contributed by atoms with E-state index in [1.54, 1.807) is 11.3 Å². The molecule has 0 aliphatic rings. The average Bonchev–Trinajstić information content (AvgIpc) is 2.50. The molecule has 78 valence electrons. The minimum Gasteiger partial charge on any atom is -0.375 e. The van der Waals surface area contributed by atoms with Crippen LogP contribution in [0.4, 0.5) is 5.13 Å². The molecular formula is C10H16N2OS. The molecule has 0 bridgehead atoms. The predicted octanol–water partition coefficient (Wildman–Crippen LogP) is 2.46. The van der Waals surface area contributed by atoms with Crippen molar-refractivity contribution in [3.05, 3.63) is 23.2 Å². The molecule has 0 fully saturated rings. The Bertz CT molecular complexity index is 296. The van der Waals surface area contributed by atoms with Crippen molar-refractivity contribution in [2.45, 2.75) is 13.8 Å². The van der Waals surface area contributed by atoms with Crippen molar-refractivity contribution >= 4 is 16.5 Å². The molecule has 0 aliphatic heterocycles. The third-order valence-electron chi connectivity index (χ3n) is 1.49. The molecule has 0 amide bonds. The van der Waals surface area contributed by atoms with Gasteiger partial charge in [-0.3, -0.25) is 0 Å². The lowest BCUT2D eigenvalue weighted by Crippen LogP contribution is -2.10. The van der Waals surface area contributed by atoms with Gasteiger partial charge in [-0.1, -0.05) is 12.2 Å². The smallest absolute Gasteiger partial charge is 0.182 e. The van der Waals surface area contributed by atoms with Crippen LogP contribution in [0.3, 0.4) is 0 Å². The Morgan fingerprint density at radius 2 is 2.50 bits per heavy atom. The van der Waals surface area contributed by atoms with Crippen LogP contribution >= 0.6 is 11.3 Å². The van der Waals surface area contributed by atoms with Gasteiger partial charge >= 0.3 is 0 Å². The molecule has 0 radical (unpaired) electrons. The number of hydrogen-bond acceptors (Lipinski definition) is 4. The lowest BCUT2D eigenvalue weighted by atomic mass is 10.4. The van der Waals surface area contributed by atoms with E-state index < -0.39 is 0 Å². The van der Waals surface area contributed by atoms with Crippen molar-refractivity contribution in [1.82, 2.24) is 4.98 Å². The van der Waals surface area contributed by atoms with Gasteiger partial charge in [0.15, 0.2) is 5.13 Å². The molecule has 0 spiro atoms. The molecular weight excluding hydrogens is 196 g/mol. The molecule has 0 aliphatic carbocycles. The van der Waals surface area contributed by atoms with E-state index >= 15 is 0 Å². The normalized spacial score (nSPS) is 10.1. The highest BCUT2D eigenvalue weighted by atomic mass is 32.1. The minimum absolute atomic E-state index is 0.637. The topological polar surface area (TPSA) is 34.1 Å². The van der Waals surface area contributed by atoms with Crippen LogP contribution in [0.25, 0.3) is 0 Å². The van der Waals surface area contributed by atoms with Crippen LogP contribution in [-0.2, 0) is 4.74 Å². The fraction of sp³-hybridized carbons (Fsp3) is 0.500. The summed E-state index contributed by atoms with van der Waals surface area (Å²) in [7, 11) is 0. The number of ether oxygens (including phenoxy) is 1. The number of rotatable bonds is 6. The van der Waals surface area contributed by atoms with Crippen molar-refractivity contribution in [3.8, 4) is 0 Å². The molecule has 1 rings (SSSR count). The molecule has 14 heavy (non-hydrogen) atoms. The second-order valence-corrected chi connectivity index (χ2v) is 4.09. The van der Waals surface area contributed by atoms with Gasteiger partial charge in [0.05, 0.1) is 18.9 Å². The number of aromatic nitrogens is 1. The molecule has 1 heterocycles. The Morgan fingerprint density at radius 3 is 3.07 bits per heavy atom. The van der Waals surface area contributed by atoms with Gasteiger partial charge in [0, 0.05) is 11.9 Å². The lowest BCUT2D eigenvalue weighted by molar-refractivity contribution is 0.167. The Balaban J connectivity index is 2.07. The molecule has 4 heteroatoms. The Kier molecular flexibility index (Phi) is 4.62. The number of nitrogens with zero attached hydrogens (tertiary/aromatic N) is 1. The second-order valence-electron chi connectivity index (χ2n) is 3.23. The summed E-state index contributed by atoms with van der Waals surface area (Å²) in [5.74, 6) is 0. The van der Waals surface area contributed by atoms with E-state index in [0.717, 1.165) is 22.9 Å². The summed E-state index contributed by atoms with van der Waals surface area (Å²) < 4.78 is 5.34. The molecule has 0 saturated carbocycles. The quantitative estimate of drug-likeness (QED) is 0.581. The third kappa shape index (κ3) is 4.39. The zero-order valence-electron chi connectivity index (χ0n) is 8.67. The van der Waals surface area contributed by atoms with Crippen LogP contribution in [0.5, 0.6) is 0 Å². The largest absolute Gasteiger partial charge is 0.375 e. The van der Waals surface area contributed by atoms with Gasteiger partial charge in [0.25, 0.3) is 0 Å². The monoisotopic (exact) mass is 212 g/mol. The zero-order valence-corrected chi connectivity index (χ0v) is 9.49. The number of nitrogens with one attached hydrogen (secondary N) is 1. The molecule has 0 unspecified atom stereocenters. The van der Waals surface area contributed by atoms with Gasteiger partial charge in [-0.15, -0.1) is 11.3 Å². The van der Waals surface area contributed by atoms with Gasteiger partial charge in [-0.2, -0.15) is 0 Å². The summed E-state index contributed by atoms with van der Waals surface area (Å²) in [6.45, 7) is 9.82. The van der Waals surface area contributed by atoms with Crippen LogP contribution in [0.2, 0.25) is 0 Å². The maximum Gasteiger partial charge on any atom is 0.182 e. The standard InChI is InChI=1S/C10H16N2OS/c1-8(2)6-13-5-4-11-10-12-9(3)7-14-10/h7H,1,4-6H2,2-3H3,(H,11,12). The highest BCUT2D eigenvalue weighted by molar-refractivity contribution is 7.13. The molecule has 1 N–H and O–H groups in total. The van der Waals surface area contributed by atoms with Gasteiger partial charge in [-0.25, -0.2) is 4.98 Å². The predicted molar refractivity (Wildman–Crippen MR) is 61.0 cm³/mol. The van der Waals surface area contributed by atoms with Crippen molar-refractivity contribution in [2.24, 2.45) is 0 Å². The third-order valence-corrected chi connectivity index (χ3v) is 2.41. The average molecular weight is 212 g/mol. The number of aryl methyl sites for hydroxylation is 1. The first-order valence-corrected chi connectivity index (χ1v) is 5.44. The van der Waals surface area contributed by atoms with Gasteiger partial charge in [0.2, 0.25) is 0 Å². The molecule has 0 aromatic carbocycles. The first-order valence-electron chi connectivity index (χ1n) is 4.56. The van der Waals surface area contributed by atoms with Crippen LogP contribution in [0.1, 0.15) is 12.6 Å². The summed E-state index contributed by atoms with van der Waals surface area (Å²) in [6.07, 6.45) is 0. The molecule has 1 aromatic rings. The van der Waals surface area contributed by atoms with E-state index in [2.05, 4.69) is 16.9 Å². The summed E-state index contributed by atoms with van der Waals surface area (Å²) >= 11 is 1.62. The number of anilines is 1. The minimum atomic E-state index is 0.637. The maximum atomic E-state index is 5.34. The Hall–Kier alpha value is -0.870. The highest BCUT2D eigenvalue weighted by Gasteiger charge is 1.96. The van der Waals surface area contributed by atoms with Crippen molar-refractivity contribution in [3.63, 3.8) is 0 Å². The zero-order chi connectivity index (χ0) is 10.4. The first kappa shape index (κ1) is 11.2. The summed E-state index contributed by atoms with van der Waals surface area (Å²) in [5.41, 5.74) is 2.11. The van der Waals surface area contributed by atoms with E-state index in [9.17, 15) is 0 Å². The number of hydrogen-bond donors (Lipinski definition) is 1. The van der Waals surface area contributed by atoms with Crippen molar-refractivity contribution < 1.29 is 4.74 Å². The Labute approximate surface area is 88.8 Å². The molecule has 1 aromatic heterocycles. The van der Waals surface area contributed by atoms with Crippen LogP contribution in [-0.4, -0.2) is 24.7 Å². The van der Waals surface area contributed by atoms with Gasteiger partial charge in [0.1, 0.15) is 0 Å². The molecule has 0 atom stereocenters. The summed E-state index contributed by atoms with van der Waals surface area (Å²) in [6, 6.07) is 0. The lowest BCUT2D eigenvalue weighted by Gasteiger charge is -2.04. The fourth-order valence-corrected chi connectivity index (χ4v) is 1.63. The molecule has 3 nitrogen and oxygen atoms in total. The van der Waals surface area contributed by atoms with Crippen LogP contribution < -0.4 is 5.32 Å². The van der Waals surface area contributed by atoms with E-state index in [1.807, 2.05) is 19.2 Å². The van der Waals surface area contributed by atoms with E-state index in [4.69, 9.17) is 4.74 Å². The second kappa shape index (κ2) is 5.78. The van der Waals surface area contributed by atoms with E-state index in [-0.39, 0.29) is 0 Å². The fourth-order valence-electron chi connectivity index (χ4n) is 0.912. The van der Waals surface area contributed by atoms with Crippen LogP contribution in [0.15, 0.2) is 17.5 Å². The summed E-state index contributed by atoms with van der Waals surface area (Å²) in [5, 5.41) is 6.18. The Morgan fingerprint density at radius 1 is 1.71 bits per heavy atom. The van der Waals surface area contributed by atoms with E-state index in [1.165, 1.54) is 0 Å². The van der Waals surface area contributed by atoms with Gasteiger partial charge < -0.3 is 10.1 Å². The first-order chi connectivity index (χ1) is 6.68. The van der Waals surface area contributed by atoms with E-state index in [0.29, 0.717) is 13.2 Å². The van der Waals surface area contributed by atoms with Crippen molar-refractivity contribution in [1.29, 1.82) is 0 Å². The van der Waals surface area contributed by atoms with Gasteiger partial charge in [-0.05, 0) is 13.8 Å². The van der Waals surface area contributed by atoms with Crippen LogP contribution in [0, 0.1) is 6.92 Å². The maximum absolute atomic E-state index is 5.34. The molecule has 0 saturated heterocycles. The van der Waals surface area contributed by atoms with Crippen molar-refractivity contribution in [2.75, 3.05) is 25.1 Å². The number of thiazole rings is 1. The SMILES string of the molecule is C=C(C)COCCNc1nc(C)cs1. The summed E-state index contributed by atoms with van der Waals surface area (Å²) in [4.78, 5) is 4.28.